The summed E-state index contributed by atoms with van der Waals surface area (Å²) in [4.78, 5) is 21.6. The normalized spacial score (nSPS) is 15.1. The molecule has 2 aromatic carbocycles. The van der Waals surface area contributed by atoms with Crippen LogP contribution in [0, 0.1) is 0 Å². The zero-order chi connectivity index (χ0) is 22.6. The zero-order valence-electron chi connectivity index (χ0n) is 17.5. The summed E-state index contributed by atoms with van der Waals surface area (Å²) in [7, 11) is -3.44. The summed E-state index contributed by atoms with van der Waals surface area (Å²) < 4.78 is 24.8. The number of hydrogen-bond donors (Lipinski definition) is 0. The largest absolute Gasteiger partial charge is 0.340 e. The Balaban J connectivity index is 1.25. The number of nitrogens with zero attached hydrogens (tertiary/aromatic N) is 3. The molecule has 0 atom stereocenters. The van der Waals surface area contributed by atoms with Crippen molar-refractivity contribution in [3.05, 3.63) is 70.0 Å². The van der Waals surface area contributed by atoms with Crippen molar-refractivity contribution in [3.8, 4) is 11.3 Å². The molecule has 2 heterocycles. The van der Waals surface area contributed by atoms with Crippen molar-refractivity contribution in [2.24, 2.45) is 0 Å². The minimum atomic E-state index is -3.44. The Bertz CT molecular complexity index is 1160. The highest BCUT2D eigenvalue weighted by molar-refractivity contribution is 7.91. The van der Waals surface area contributed by atoms with Crippen LogP contribution in [0.15, 0.2) is 64.9 Å². The highest BCUT2D eigenvalue weighted by atomic mass is 35.5. The Kier molecular flexibility index (Phi) is 7.25. The van der Waals surface area contributed by atoms with Gasteiger partial charge < -0.3 is 4.90 Å². The van der Waals surface area contributed by atoms with Gasteiger partial charge in [-0.15, -0.1) is 11.3 Å². The lowest BCUT2D eigenvalue weighted by atomic mass is 10.2. The number of piperazine rings is 1. The number of hydrogen-bond acceptors (Lipinski definition) is 6. The minimum Gasteiger partial charge on any atom is -0.340 e. The molecule has 4 rings (SSSR count). The predicted molar refractivity (Wildman–Crippen MR) is 128 cm³/mol. The molecule has 1 fully saturated rings. The first-order valence-electron chi connectivity index (χ1n) is 10.4. The molecule has 6 nitrogen and oxygen atoms in total. The third-order valence-electron chi connectivity index (χ3n) is 5.46. The number of carbonyl (C=O) groups is 1. The molecule has 0 aliphatic carbocycles. The van der Waals surface area contributed by atoms with Crippen molar-refractivity contribution >= 4 is 38.7 Å². The Morgan fingerprint density at radius 1 is 1.00 bits per heavy atom. The molecule has 0 bridgehead atoms. The van der Waals surface area contributed by atoms with E-state index in [9.17, 15) is 13.2 Å². The number of thiazole rings is 1. The molecule has 168 valence electrons. The molecule has 32 heavy (non-hydrogen) atoms. The van der Waals surface area contributed by atoms with E-state index < -0.39 is 9.84 Å². The molecule has 1 aliphatic rings. The fourth-order valence-corrected chi connectivity index (χ4v) is 5.83. The first-order chi connectivity index (χ1) is 15.4. The monoisotopic (exact) mass is 489 g/mol. The Morgan fingerprint density at radius 2 is 1.69 bits per heavy atom. The molecule has 1 aromatic heterocycles. The van der Waals surface area contributed by atoms with E-state index >= 15 is 0 Å². The molecular weight excluding hydrogens is 466 g/mol. The predicted octanol–water partition coefficient (Wildman–Crippen LogP) is 3.97. The maximum atomic E-state index is 12.5. The molecule has 0 saturated carbocycles. The quantitative estimate of drug-likeness (QED) is 0.502. The highest BCUT2D eigenvalue weighted by Gasteiger charge is 2.24. The van der Waals surface area contributed by atoms with Gasteiger partial charge in [-0.2, -0.15) is 0 Å². The van der Waals surface area contributed by atoms with E-state index in [0.717, 1.165) is 35.9 Å². The van der Waals surface area contributed by atoms with Crippen molar-refractivity contribution in [2.75, 3.05) is 31.9 Å². The number of carbonyl (C=O) groups excluding carboxylic acids is 1. The third-order valence-corrected chi connectivity index (χ3v) is 8.28. The second-order valence-electron chi connectivity index (χ2n) is 7.67. The molecule has 0 N–H and O–H groups in total. The van der Waals surface area contributed by atoms with Crippen LogP contribution in [0.3, 0.4) is 0 Å². The van der Waals surface area contributed by atoms with E-state index in [-0.39, 0.29) is 23.0 Å². The average Bonchev–Trinajstić information content (AvgIpc) is 3.27. The lowest BCUT2D eigenvalue weighted by Crippen LogP contribution is -2.48. The van der Waals surface area contributed by atoms with Gasteiger partial charge in [0.2, 0.25) is 5.91 Å². The molecule has 0 radical (unpaired) electrons. The standard InChI is InChI=1S/C23H24ClN3O3S2/c24-19-8-6-18(7-9-19)21-17-31-22(25-21)16-26-11-13-27(14-12-26)23(28)10-15-32(29,30)20-4-2-1-3-5-20/h1-9,17H,10-16H2. The lowest BCUT2D eigenvalue weighted by molar-refractivity contribution is -0.132. The molecule has 0 spiro atoms. The van der Waals surface area contributed by atoms with Crippen LogP contribution in [-0.4, -0.2) is 61.0 Å². The number of amides is 1. The first kappa shape index (κ1) is 22.9. The van der Waals surface area contributed by atoms with E-state index in [4.69, 9.17) is 16.6 Å². The van der Waals surface area contributed by atoms with Crippen LogP contribution in [0.5, 0.6) is 0 Å². The van der Waals surface area contributed by atoms with Gasteiger partial charge in [0.1, 0.15) is 5.01 Å². The summed E-state index contributed by atoms with van der Waals surface area (Å²) in [6, 6.07) is 15.9. The summed E-state index contributed by atoms with van der Waals surface area (Å²) in [5.74, 6) is -0.272. The topological polar surface area (TPSA) is 70.6 Å². The Labute approximate surface area is 197 Å². The molecule has 1 amide bonds. The number of halogens is 1. The summed E-state index contributed by atoms with van der Waals surface area (Å²) in [6.07, 6.45) is 0.00810. The van der Waals surface area contributed by atoms with Gasteiger partial charge in [0, 0.05) is 48.6 Å². The minimum absolute atomic E-state index is 0.00810. The maximum Gasteiger partial charge on any atom is 0.223 e. The van der Waals surface area contributed by atoms with Crippen LogP contribution < -0.4 is 0 Å². The fourth-order valence-electron chi connectivity index (χ4n) is 3.61. The van der Waals surface area contributed by atoms with Gasteiger partial charge in [-0.1, -0.05) is 41.9 Å². The van der Waals surface area contributed by atoms with Crippen molar-refractivity contribution in [2.45, 2.75) is 17.9 Å². The fraction of sp³-hybridized carbons (Fsp3) is 0.304. The molecule has 3 aromatic rings. The summed E-state index contributed by atoms with van der Waals surface area (Å²) in [6.45, 7) is 3.42. The zero-order valence-corrected chi connectivity index (χ0v) is 19.9. The first-order valence-corrected chi connectivity index (χ1v) is 13.3. The van der Waals surface area contributed by atoms with E-state index in [1.54, 1.807) is 46.6 Å². The lowest BCUT2D eigenvalue weighted by Gasteiger charge is -2.34. The van der Waals surface area contributed by atoms with Crippen LogP contribution in [0.1, 0.15) is 11.4 Å². The van der Waals surface area contributed by atoms with Gasteiger partial charge in [-0.25, -0.2) is 13.4 Å². The number of benzene rings is 2. The van der Waals surface area contributed by atoms with Crippen LogP contribution in [0.4, 0.5) is 0 Å². The van der Waals surface area contributed by atoms with Crippen LogP contribution in [-0.2, 0) is 21.2 Å². The molecular formula is C23H24ClN3O3S2. The summed E-state index contributed by atoms with van der Waals surface area (Å²) in [5, 5.41) is 3.78. The van der Waals surface area contributed by atoms with Gasteiger partial charge in [0.05, 0.1) is 22.9 Å². The Morgan fingerprint density at radius 3 is 2.38 bits per heavy atom. The maximum absolute atomic E-state index is 12.5. The summed E-state index contributed by atoms with van der Waals surface area (Å²) in [5.41, 5.74) is 1.98. The SMILES string of the molecule is O=C(CCS(=O)(=O)c1ccccc1)N1CCN(Cc2nc(-c3ccc(Cl)cc3)cs2)CC1. The van der Waals surface area contributed by atoms with Gasteiger partial charge in [-0.3, -0.25) is 9.69 Å². The van der Waals surface area contributed by atoms with Gasteiger partial charge in [-0.05, 0) is 24.3 Å². The number of aromatic nitrogens is 1. The van der Waals surface area contributed by atoms with Crippen molar-refractivity contribution in [1.82, 2.24) is 14.8 Å². The number of rotatable bonds is 7. The third kappa shape index (κ3) is 5.75. The molecule has 9 heteroatoms. The van der Waals surface area contributed by atoms with Crippen LogP contribution in [0.25, 0.3) is 11.3 Å². The van der Waals surface area contributed by atoms with E-state index in [0.29, 0.717) is 18.1 Å². The smallest absolute Gasteiger partial charge is 0.223 e. The van der Waals surface area contributed by atoms with Crippen molar-refractivity contribution in [3.63, 3.8) is 0 Å². The average molecular weight is 490 g/mol. The molecule has 1 aliphatic heterocycles. The van der Waals surface area contributed by atoms with E-state index in [2.05, 4.69) is 4.90 Å². The number of sulfone groups is 1. The second kappa shape index (κ2) is 10.1. The van der Waals surface area contributed by atoms with Crippen LogP contribution >= 0.6 is 22.9 Å². The van der Waals surface area contributed by atoms with Crippen LogP contribution in [0.2, 0.25) is 5.02 Å². The van der Waals surface area contributed by atoms with Crippen molar-refractivity contribution < 1.29 is 13.2 Å². The summed E-state index contributed by atoms with van der Waals surface area (Å²) >= 11 is 7.58. The van der Waals surface area contributed by atoms with E-state index in [1.165, 1.54) is 0 Å². The van der Waals surface area contributed by atoms with Gasteiger partial charge in [0.25, 0.3) is 0 Å². The van der Waals surface area contributed by atoms with Gasteiger partial charge >= 0.3 is 0 Å². The molecule has 0 unspecified atom stereocenters. The van der Waals surface area contributed by atoms with Gasteiger partial charge in [0.15, 0.2) is 9.84 Å². The second-order valence-corrected chi connectivity index (χ2v) is 11.2. The highest BCUT2D eigenvalue weighted by Crippen LogP contribution is 2.24. The Hall–Kier alpha value is -2.26. The van der Waals surface area contributed by atoms with E-state index in [1.807, 2.05) is 29.6 Å². The van der Waals surface area contributed by atoms with Crippen molar-refractivity contribution in [1.29, 1.82) is 0 Å². The molecule has 1 saturated heterocycles.